The topological polar surface area (TPSA) is 0 Å². The van der Waals surface area contributed by atoms with Crippen molar-refractivity contribution in [2.45, 2.75) is 0 Å². The first-order valence-corrected chi connectivity index (χ1v) is 19.3. The fraction of sp³-hybridized carbons (Fsp3) is 0. The van der Waals surface area contributed by atoms with Crippen LogP contribution < -0.4 is 0 Å². The van der Waals surface area contributed by atoms with Gasteiger partial charge in [-0.2, -0.15) is 0 Å². The molecular weight excluding hydrogens is 673 g/mol. The molecule has 0 fully saturated rings. The summed E-state index contributed by atoms with van der Waals surface area (Å²) in [5.74, 6) is 6.94. The van der Waals surface area contributed by atoms with Crippen molar-refractivity contribution in [3.05, 3.63) is 217 Å². The molecule has 0 aliphatic carbocycles. The Balaban J connectivity index is 1.29. The third kappa shape index (κ3) is 5.18. The van der Waals surface area contributed by atoms with Crippen LogP contribution in [0.2, 0.25) is 0 Å². The van der Waals surface area contributed by atoms with E-state index in [1.165, 1.54) is 86.9 Å². The lowest BCUT2D eigenvalue weighted by Gasteiger charge is -2.21. The van der Waals surface area contributed by atoms with Crippen LogP contribution in [0.1, 0.15) is 11.1 Å². The SMILES string of the molecule is C(#Cc1ccccc1-c1ccc2c(-c3cc4ccccc4c4ccccc34)c3ccccc3c(-c3cc4ccccc4c4ccccc34)c2c1)c1ccccc1. The second-order valence-corrected chi connectivity index (χ2v) is 14.6. The Bertz CT molecular complexity index is 3410. The molecule has 0 unspecified atom stereocenters. The second-order valence-electron chi connectivity index (χ2n) is 14.6. The predicted octanol–water partition coefficient (Wildman–Crippen LogP) is 15.0. The van der Waals surface area contributed by atoms with Gasteiger partial charge in [0.15, 0.2) is 0 Å². The zero-order valence-corrected chi connectivity index (χ0v) is 30.6. The van der Waals surface area contributed by atoms with Crippen LogP contribution in [0.25, 0.3) is 98.0 Å². The van der Waals surface area contributed by atoms with Gasteiger partial charge in [0.1, 0.15) is 0 Å². The average molecular weight is 707 g/mol. The van der Waals surface area contributed by atoms with Crippen molar-refractivity contribution >= 4 is 64.6 Å². The van der Waals surface area contributed by atoms with E-state index < -0.39 is 0 Å². The summed E-state index contributed by atoms with van der Waals surface area (Å²) in [5, 5.41) is 15.0. The highest BCUT2D eigenvalue weighted by Crippen LogP contribution is 2.49. The van der Waals surface area contributed by atoms with Crippen molar-refractivity contribution in [3.8, 4) is 45.2 Å². The number of benzene rings is 11. The fourth-order valence-corrected chi connectivity index (χ4v) is 8.95. The highest BCUT2D eigenvalue weighted by Gasteiger charge is 2.21. The molecule has 0 heteroatoms. The van der Waals surface area contributed by atoms with E-state index >= 15 is 0 Å². The first-order chi connectivity index (χ1) is 27.8. The molecule has 0 aliphatic heterocycles. The van der Waals surface area contributed by atoms with Crippen LogP contribution in [-0.4, -0.2) is 0 Å². The molecule has 258 valence electrons. The molecule has 0 N–H and O–H groups in total. The summed E-state index contributed by atoms with van der Waals surface area (Å²) in [6.07, 6.45) is 0. The van der Waals surface area contributed by atoms with Gasteiger partial charge in [0.05, 0.1) is 0 Å². The van der Waals surface area contributed by atoms with Gasteiger partial charge in [-0.05, 0) is 134 Å². The van der Waals surface area contributed by atoms with Crippen molar-refractivity contribution in [2.75, 3.05) is 0 Å². The zero-order chi connectivity index (χ0) is 37.0. The zero-order valence-electron chi connectivity index (χ0n) is 30.6. The van der Waals surface area contributed by atoms with Crippen LogP contribution in [0.4, 0.5) is 0 Å². The molecule has 0 radical (unpaired) electrons. The first-order valence-electron chi connectivity index (χ1n) is 19.3. The van der Waals surface area contributed by atoms with Gasteiger partial charge in [-0.15, -0.1) is 0 Å². The Morgan fingerprint density at radius 3 is 1.30 bits per heavy atom. The van der Waals surface area contributed by atoms with E-state index in [1.807, 2.05) is 18.2 Å². The molecule has 0 saturated heterocycles. The van der Waals surface area contributed by atoms with Crippen molar-refractivity contribution in [1.82, 2.24) is 0 Å². The van der Waals surface area contributed by atoms with Gasteiger partial charge in [-0.25, -0.2) is 0 Å². The molecule has 0 saturated carbocycles. The molecule has 0 heterocycles. The third-order valence-corrected chi connectivity index (χ3v) is 11.5. The summed E-state index contributed by atoms with van der Waals surface area (Å²) in [7, 11) is 0. The highest BCUT2D eigenvalue weighted by atomic mass is 14.2. The molecule has 0 atom stereocenters. The smallest absolute Gasteiger partial charge is 0.0327 e. The van der Waals surface area contributed by atoms with E-state index in [2.05, 4.69) is 200 Å². The largest absolute Gasteiger partial charge is 0.0622 e. The summed E-state index contributed by atoms with van der Waals surface area (Å²) in [6.45, 7) is 0. The minimum absolute atomic E-state index is 1.00. The highest BCUT2D eigenvalue weighted by molar-refractivity contribution is 6.28. The van der Waals surface area contributed by atoms with Crippen LogP contribution in [-0.2, 0) is 0 Å². The second kappa shape index (κ2) is 13.1. The maximum atomic E-state index is 3.52. The summed E-state index contributed by atoms with van der Waals surface area (Å²) < 4.78 is 0. The standard InChI is InChI=1S/C56H34/c1-2-16-37(17-3-1)30-31-38-18-4-7-21-42(38)41-32-33-51-54(36-41)56(53-35-40-20-6-9-23-44(40)46-25-11-13-27-48(46)53)50-29-15-14-28-49(50)55(51)52-34-39-19-5-8-22-43(39)45-24-10-12-26-47(45)52/h1-29,32-36H. The molecule has 0 aliphatic rings. The van der Waals surface area contributed by atoms with Crippen molar-refractivity contribution < 1.29 is 0 Å². The molecule has 11 rings (SSSR count). The van der Waals surface area contributed by atoms with Gasteiger partial charge >= 0.3 is 0 Å². The van der Waals surface area contributed by atoms with Crippen LogP contribution in [0.5, 0.6) is 0 Å². The van der Waals surface area contributed by atoms with Crippen LogP contribution in [0.15, 0.2) is 206 Å². The summed E-state index contributed by atoms with van der Waals surface area (Å²) in [5.41, 5.74) is 9.28. The van der Waals surface area contributed by atoms with Gasteiger partial charge in [-0.1, -0.05) is 182 Å². The van der Waals surface area contributed by atoms with E-state index in [4.69, 9.17) is 0 Å². The van der Waals surface area contributed by atoms with Crippen LogP contribution in [0, 0.1) is 11.8 Å². The van der Waals surface area contributed by atoms with E-state index in [-0.39, 0.29) is 0 Å². The fourth-order valence-electron chi connectivity index (χ4n) is 8.95. The molecule has 0 amide bonds. The van der Waals surface area contributed by atoms with Gasteiger partial charge in [0.25, 0.3) is 0 Å². The summed E-state index contributed by atoms with van der Waals surface area (Å²) in [4.78, 5) is 0. The molecule has 0 aromatic heterocycles. The minimum Gasteiger partial charge on any atom is -0.0622 e. The van der Waals surface area contributed by atoms with Gasteiger partial charge in [-0.3, -0.25) is 0 Å². The van der Waals surface area contributed by atoms with Gasteiger partial charge in [0, 0.05) is 11.1 Å². The number of hydrogen-bond acceptors (Lipinski definition) is 0. The molecule has 0 nitrogen and oxygen atoms in total. The summed E-state index contributed by atoms with van der Waals surface area (Å²) in [6, 6.07) is 75.1. The average Bonchev–Trinajstić information content (AvgIpc) is 3.27. The lowest BCUT2D eigenvalue weighted by atomic mass is 9.81. The molecule has 0 spiro atoms. The maximum absolute atomic E-state index is 3.52. The lowest BCUT2D eigenvalue weighted by molar-refractivity contribution is 1.59. The minimum atomic E-state index is 1.00. The first kappa shape index (κ1) is 32.0. The van der Waals surface area contributed by atoms with Crippen LogP contribution >= 0.6 is 0 Å². The Morgan fingerprint density at radius 2 is 0.696 bits per heavy atom. The number of rotatable bonds is 3. The summed E-state index contributed by atoms with van der Waals surface area (Å²) >= 11 is 0. The number of fused-ring (bicyclic) bond motifs is 8. The molecule has 11 aromatic carbocycles. The van der Waals surface area contributed by atoms with Crippen molar-refractivity contribution in [1.29, 1.82) is 0 Å². The Morgan fingerprint density at radius 1 is 0.250 bits per heavy atom. The molecular formula is C56H34. The van der Waals surface area contributed by atoms with Crippen LogP contribution in [0.3, 0.4) is 0 Å². The van der Waals surface area contributed by atoms with E-state index in [0.29, 0.717) is 0 Å². The monoisotopic (exact) mass is 706 g/mol. The van der Waals surface area contributed by atoms with Gasteiger partial charge in [0.2, 0.25) is 0 Å². The van der Waals surface area contributed by atoms with Gasteiger partial charge < -0.3 is 0 Å². The Labute approximate surface area is 325 Å². The molecule has 0 bridgehead atoms. The van der Waals surface area contributed by atoms with E-state index in [9.17, 15) is 0 Å². The predicted molar refractivity (Wildman–Crippen MR) is 240 cm³/mol. The normalized spacial score (nSPS) is 11.4. The van der Waals surface area contributed by atoms with E-state index in [0.717, 1.165) is 22.3 Å². The van der Waals surface area contributed by atoms with E-state index in [1.54, 1.807) is 0 Å². The van der Waals surface area contributed by atoms with Crippen molar-refractivity contribution in [2.24, 2.45) is 0 Å². The third-order valence-electron chi connectivity index (χ3n) is 11.5. The Hall–Kier alpha value is -7.46. The maximum Gasteiger partial charge on any atom is 0.0327 e. The Kier molecular flexibility index (Phi) is 7.51. The quantitative estimate of drug-likeness (QED) is 0.0975. The lowest BCUT2D eigenvalue weighted by Crippen LogP contribution is -1.94. The number of hydrogen-bond donors (Lipinski definition) is 0. The molecule has 11 aromatic rings. The van der Waals surface area contributed by atoms with Crippen molar-refractivity contribution in [3.63, 3.8) is 0 Å². The molecule has 56 heavy (non-hydrogen) atoms.